The first kappa shape index (κ1) is 14.8. The Labute approximate surface area is 118 Å². The molecule has 1 atom stereocenters. The van der Waals surface area contributed by atoms with Crippen molar-refractivity contribution < 1.29 is 17.9 Å². The minimum absolute atomic E-state index is 0.238. The average Bonchev–Trinajstić information content (AvgIpc) is 2.69. The molecule has 1 heterocycles. The molecule has 0 radical (unpaired) electrons. The number of rotatable bonds is 5. The van der Waals surface area contributed by atoms with E-state index >= 15 is 0 Å². The first-order chi connectivity index (χ1) is 9.38. The van der Waals surface area contributed by atoms with Crippen LogP contribution < -0.4 is 4.72 Å². The number of amides is 1. The molecule has 1 aliphatic heterocycles. The number of benzene rings is 1. The summed E-state index contributed by atoms with van der Waals surface area (Å²) in [6.45, 7) is 2.63. The van der Waals surface area contributed by atoms with Crippen LogP contribution in [0, 0.1) is 6.92 Å². The minimum Gasteiger partial charge on any atom is -0.444 e. The molecule has 0 aliphatic carbocycles. The number of nitrogens with zero attached hydrogens (tertiary/aromatic N) is 1. The fraction of sp³-hybridized carbons (Fsp3) is 0.462. The SMILES string of the molecule is Cc1ccc(S(=O)(=O)NCCC2CN(C)C(=O)O2)cc1. The highest BCUT2D eigenvalue weighted by molar-refractivity contribution is 7.89. The molecule has 1 aliphatic rings. The molecular weight excluding hydrogens is 280 g/mol. The van der Waals surface area contributed by atoms with E-state index in [1.165, 1.54) is 4.90 Å². The quantitative estimate of drug-likeness (QED) is 0.883. The molecule has 1 N–H and O–H groups in total. The van der Waals surface area contributed by atoms with Gasteiger partial charge < -0.3 is 9.64 Å². The number of nitrogens with one attached hydrogen (secondary N) is 1. The van der Waals surface area contributed by atoms with E-state index in [1.807, 2.05) is 6.92 Å². The van der Waals surface area contributed by atoms with Gasteiger partial charge in [0.1, 0.15) is 6.10 Å². The Balaban J connectivity index is 1.87. The van der Waals surface area contributed by atoms with Crippen molar-refractivity contribution in [2.45, 2.75) is 24.3 Å². The highest BCUT2D eigenvalue weighted by Crippen LogP contribution is 2.13. The number of ether oxygens (including phenoxy) is 1. The van der Waals surface area contributed by atoms with Crippen molar-refractivity contribution in [3.8, 4) is 0 Å². The van der Waals surface area contributed by atoms with E-state index in [1.54, 1.807) is 31.3 Å². The largest absolute Gasteiger partial charge is 0.444 e. The van der Waals surface area contributed by atoms with Crippen molar-refractivity contribution in [3.05, 3.63) is 29.8 Å². The smallest absolute Gasteiger partial charge is 0.409 e. The van der Waals surface area contributed by atoms with Crippen molar-refractivity contribution in [3.63, 3.8) is 0 Å². The Bertz CT molecular complexity index is 583. The zero-order valence-corrected chi connectivity index (χ0v) is 12.3. The van der Waals surface area contributed by atoms with Crippen LogP contribution >= 0.6 is 0 Å². The van der Waals surface area contributed by atoms with Crippen LogP contribution in [0.4, 0.5) is 4.79 Å². The van der Waals surface area contributed by atoms with E-state index in [0.717, 1.165) is 5.56 Å². The zero-order chi connectivity index (χ0) is 14.8. The van der Waals surface area contributed by atoms with E-state index in [4.69, 9.17) is 4.74 Å². The Morgan fingerprint density at radius 2 is 2.00 bits per heavy atom. The summed E-state index contributed by atoms with van der Waals surface area (Å²) >= 11 is 0. The summed E-state index contributed by atoms with van der Waals surface area (Å²) < 4.78 is 31.6. The van der Waals surface area contributed by atoms with E-state index in [2.05, 4.69) is 4.72 Å². The molecule has 0 aromatic heterocycles. The van der Waals surface area contributed by atoms with E-state index in [0.29, 0.717) is 13.0 Å². The van der Waals surface area contributed by atoms with E-state index < -0.39 is 10.0 Å². The monoisotopic (exact) mass is 298 g/mol. The van der Waals surface area contributed by atoms with E-state index in [9.17, 15) is 13.2 Å². The second-order valence-electron chi connectivity index (χ2n) is 4.89. The van der Waals surface area contributed by atoms with Gasteiger partial charge in [0.2, 0.25) is 10.0 Å². The molecule has 1 aromatic rings. The number of carbonyl (C=O) groups excluding carboxylic acids is 1. The van der Waals surface area contributed by atoms with Gasteiger partial charge >= 0.3 is 6.09 Å². The number of sulfonamides is 1. The van der Waals surface area contributed by atoms with Crippen LogP contribution in [-0.4, -0.2) is 45.7 Å². The molecule has 1 unspecified atom stereocenters. The topological polar surface area (TPSA) is 75.7 Å². The second kappa shape index (κ2) is 5.80. The second-order valence-corrected chi connectivity index (χ2v) is 6.65. The van der Waals surface area contributed by atoms with Gasteiger partial charge in [0.15, 0.2) is 0 Å². The minimum atomic E-state index is -3.50. The summed E-state index contributed by atoms with van der Waals surface area (Å²) in [5.41, 5.74) is 1.00. The molecular formula is C13H18N2O4S. The summed E-state index contributed by atoms with van der Waals surface area (Å²) in [5.74, 6) is 0. The van der Waals surface area contributed by atoms with Crippen LogP contribution in [0.2, 0.25) is 0 Å². The Morgan fingerprint density at radius 3 is 2.55 bits per heavy atom. The van der Waals surface area contributed by atoms with Gasteiger partial charge in [0.05, 0.1) is 11.4 Å². The molecule has 0 spiro atoms. The Hall–Kier alpha value is -1.60. The highest BCUT2D eigenvalue weighted by Gasteiger charge is 2.28. The predicted octanol–water partition coefficient (Wildman–Crippen LogP) is 1.11. The standard InChI is InChI=1S/C13H18N2O4S/c1-10-3-5-12(6-4-10)20(17,18)14-8-7-11-9-15(2)13(16)19-11/h3-6,11,14H,7-9H2,1-2H3. The molecule has 1 fully saturated rings. The number of aryl methyl sites for hydroxylation is 1. The van der Waals surface area contributed by atoms with Crippen LogP contribution in [0.1, 0.15) is 12.0 Å². The fourth-order valence-electron chi connectivity index (χ4n) is 1.96. The lowest BCUT2D eigenvalue weighted by atomic mass is 10.2. The number of cyclic esters (lactones) is 1. The molecule has 110 valence electrons. The third-order valence-electron chi connectivity index (χ3n) is 3.15. The molecule has 0 saturated carbocycles. The third-order valence-corrected chi connectivity index (χ3v) is 4.62. The summed E-state index contributed by atoms with van der Waals surface area (Å²) in [4.78, 5) is 12.9. The lowest BCUT2D eigenvalue weighted by Gasteiger charge is -2.10. The Kier molecular flexibility index (Phi) is 4.29. The normalized spacial score (nSPS) is 19.2. The van der Waals surface area contributed by atoms with Gasteiger partial charge in [-0.15, -0.1) is 0 Å². The van der Waals surface area contributed by atoms with Crippen LogP contribution in [0.3, 0.4) is 0 Å². The molecule has 1 aromatic carbocycles. The number of hydrogen-bond donors (Lipinski definition) is 1. The molecule has 1 amide bonds. The van der Waals surface area contributed by atoms with Crippen molar-refractivity contribution in [1.82, 2.24) is 9.62 Å². The van der Waals surface area contributed by atoms with Crippen molar-refractivity contribution in [1.29, 1.82) is 0 Å². The van der Waals surface area contributed by atoms with Gasteiger partial charge in [-0.1, -0.05) is 17.7 Å². The number of likely N-dealkylation sites (N-methyl/N-ethyl adjacent to an activating group) is 1. The van der Waals surface area contributed by atoms with Crippen LogP contribution in [0.25, 0.3) is 0 Å². The van der Waals surface area contributed by atoms with Crippen molar-refractivity contribution in [2.24, 2.45) is 0 Å². The highest BCUT2D eigenvalue weighted by atomic mass is 32.2. The predicted molar refractivity (Wildman–Crippen MR) is 73.9 cm³/mol. The van der Waals surface area contributed by atoms with E-state index in [-0.39, 0.29) is 23.6 Å². The molecule has 20 heavy (non-hydrogen) atoms. The van der Waals surface area contributed by atoms with Crippen molar-refractivity contribution in [2.75, 3.05) is 20.1 Å². The summed E-state index contributed by atoms with van der Waals surface area (Å²) in [5, 5.41) is 0. The fourth-order valence-corrected chi connectivity index (χ4v) is 3.00. The third kappa shape index (κ3) is 3.49. The van der Waals surface area contributed by atoms with Crippen LogP contribution in [0.5, 0.6) is 0 Å². The first-order valence-corrected chi connectivity index (χ1v) is 7.85. The van der Waals surface area contributed by atoms with Gasteiger partial charge in [-0.25, -0.2) is 17.9 Å². The zero-order valence-electron chi connectivity index (χ0n) is 11.5. The van der Waals surface area contributed by atoms with Crippen molar-refractivity contribution >= 4 is 16.1 Å². The maximum atomic E-state index is 12.0. The van der Waals surface area contributed by atoms with Gasteiger partial charge in [0.25, 0.3) is 0 Å². The lowest BCUT2D eigenvalue weighted by Crippen LogP contribution is -2.28. The first-order valence-electron chi connectivity index (χ1n) is 6.36. The van der Waals surface area contributed by atoms with Crippen LogP contribution in [-0.2, 0) is 14.8 Å². The van der Waals surface area contributed by atoms with Crippen LogP contribution in [0.15, 0.2) is 29.2 Å². The lowest BCUT2D eigenvalue weighted by molar-refractivity contribution is 0.131. The van der Waals surface area contributed by atoms with Gasteiger partial charge in [-0.05, 0) is 25.5 Å². The number of hydrogen-bond acceptors (Lipinski definition) is 4. The summed E-state index contributed by atoms with van der Waals surface area (Å²) in [6.07, 6.45) is -0.161. The summed E-state index contributed by atoms with van der Waals surface area (Å²) in [7, 11) is -1.85. The summed E-state index contributed by atoms with van der Waals surface area (Å²) in [6, 6.07) is 6.65. The molecule has 0 bridgehead atoms. The average molecular weight is 298 g/mol. The van der Waals surface area contributed by atoms with Gasteiger partial charge in [-0.2, -0.15) is 0 Å². The van der Waals surface area contributed by atoms with Gasteiger partial charge in [-0.3, -0.25) is 0 Å². The maximum absolute atomic E-state index is 12.0. The molecule has 1 saturated heterocycles. The van der Waals surface area contributed by atoms with Gasteiger partial charge in [0, 0.05) is 13.6 Å². The molecule has 6 nitrogen and oxygen atoms in total. The molecule has 2 rings (SSSR count). The number of carbonyl (C=O) groups is 1. The maximum Gasteiger partial charge on any atom is 0.409 e. The Morgan fingerprint density at radius 1 is 1.35 bits per heavy atom. The molecule has 7 heteroatoms.